The summed E-state index contributed by atoms with van der Waals surface area (Å²) in [4.78, 5) is 0.310. The third kappa shape index (κ3) is 3.49. The molecule has 5 nitrogen and oxygen atoms in total. The van der Waals surface area contributed by atoms with E-state index in [9.17, 15) is 8.42 Å². The van der Waals surface area contributed by atoms with Crippen LogP contribution in [0.2, 0.25) is 0 Å². The smallest absolute Gasteiger partial charge is 0.246 e. The second-order valence-corrected chi connectivity index (χ2v) is 8.35. The van der Waals surface area contributed by atoms with Crippen molar-refractivity contribution in [3.05, 3.63) is 17.6 Å². The molecule has 1 aromatic heterocycles. The molecule has 1 saturated heterocycles. The van der Waals surface area contributed by atoms with E-state index < -0.39 is 10.0 Å². The first kappa shape index (κ1) is 16.5. The first-order chi connectivity index (χ1) is 9.71. The van der Waals surface area contributed by atoms with E-state index >= 15 is 0 Å². The molecule has 1 fully saturated rings. The van der Waals surface area contributed by atoms with Crippen molar-refractivity contribution in [3.63, 3.8) is 0 Å². The maximum Gasteiger partial charge on any atom is 0.246 e. The van der Waals surface area contributed by atoms with Gasteiger partial charge in [0.2, 0.25) is 10.0 Å². The number of nitrogens with zero attached hydrogens (tertiary/aromatic N) is 1. The summed E-state index contributed by atoms with van der Waals surface area (Å²) >= 11 is 0. The van der Waals surface area contributed by atoms with Gasteiger partial charge in [-0.05, 0) is 18.8 Å². The Bertz CT molecular complexity index is 582. The molecular formula is C15H26N2O3S. The van der Waals surface area contributed by atoms with E-state index in [0.717, 1.165) is 0 Å². The van der Waals surface area contributed by atoms with Gasteiger partial charge in [-0.3, -0.25) is 0 Å². The number of rotatable bonds is 5. The molecule has 0 amide bonds. The first-order valence-electron chi connectivity index (χ1n) is 7.54. The SMILES string of the molecule is Cc1oc(CNC(C)C)cc1S(=O)(=O)N1CC(C)C(C)C1. The number of furan rings is 1. The number of sulfonamides is 1. The quantitative estimate of drug-likeness (QED) is 0.906. The Hall–Kier alpha value is -0.850. The van der Waals surface area contributed by atoms with Gasteiger partial charge in [0.15, 0.2) is 0 Å². The number of hydrogen-bond acceptors (Lipinski definition) is 4. The first-order valence-corrected chi connectivity index (χ1v) is 8.98. The Kier molecular flexibility index (Phi) is 4.80. The van der Waals surface area contributed by atoms with Gasteiger partial charge in [0, 0.05) is 25.2 Å². The van der Waals surface area contributed by atoms with Gasteiger partial charge in [0.05, 0.1) is 6.54 Å². The lowest BCUT2D eigenvalue weighted by Gasteiger charge is -2.15. The predicted molar refractivity (Wildman–Crippen MR) is 82.5 cm³/mol. The molecule has 2 atom stereocenters. The van der Waals surface area contributed by atoms with Crippen LogP contribution in [0.15, 0.2) is 15.4 Å². The van der Waals surface area contributed by atoms with Crippen LogP contribution in [-0.4, -0.2) is 31.9 Å². The number of aryl methyl sites for hydroxylation is 1. The molecule has 1 aliphatic rings. The molecule has 0 bridgehead atoms. The van der Waals surface area contributed by atoms with E-state index in [-0.39, 0.29) is 0 Å². The summed E-state index contributed by atoms with van der Waals surface area (Å²) in [6.07, 6.45) is 0. The molecule has 2 unspecified atom stereocenters. The molecule has 1 aliphatic heterocycles. The summed E-state index contributed by atoms with van der Waals surface area (Å²) in [5, 5.41) is 3.24. The second-order valence-electron chi connectivity index (χ2n) is 6.45. The molecule has 2 heterocycles. The van der Waals surface area contributed by atoms with Gasteiger partial charge in [-0.15, -0.1) is 0 Å². The highest BCUT2D eigenvalue weighted by molar-refractivity contribution is 7.89. The van der Waals surface area contributed by atoms with Crippen LogP contribution >= 0.6 is 0 Å². The zero-order valence-corrected chi connectivity index (χ0v) is 14.3. The third-order valence-electron chi connectivity index (χ3n) is 4.18. The molecule has 0 spiro atoms. The van der Waals surface area contributed by atoms with Gasteiger partial charge in [-0.25, -0.2) is 8.42 Å². The average molecular weight is 314 g/mol. The largest absolute Gasteiger partial charge is 0.464 e. The zero-order valence-electron chi connectivity index (χ0n) is 13.5. The van der Waals surface area contributed by atoms with Crippen molar-refractivity contribution in [3.8, 4) is 0 Å². The number of hydrogen-bond donors (Lipinski definition) is 1. The summed E-state index contributed by atoms with van der Waals surface area (Å²) in [6.45, 7) is 11.7. The van der Waals surface area contributed by atoms with Crippen molar-refractivity contribution in [2.24, 2.45) is 11.8 Å². The van der Waals surface area contributed by atoms with Crippen molar-refractivity contribution < 1.29 is 12.8 Å². The van der Waals surface area contributed by atoms with Crippen molar-refractivity contribution in [1.29, 1.82) is 0 Å². The van der Waals surface area contributed by atoms with E-state index in [1.807, 2.05) is 13.8 Å². The summed E-state index contributed by atoms with van der Waals surface area (Å²) in [5.41, 5.74) is 0. The number of nitrogens with one attached hydrogen (secondary N) is 1. The highest BCUT2D eigenvalue weighted by atomic mass is 32.2. The van der Waals surface area contributed by atoms with E-state index in [2.05, 4.69) is 19.2 Å². The van der Waals surface area contributed by atoms with E-state index in [1.54, 1.807) is 17.3 Å². The fourth-order valence-corrected chi connectivity index (χ4v) is 4.41. The third-order valence-corrected chi connectivity index (χ3v) is 6.12. The van der Waals surface area contributed by atoms with Crippen molar-refractivity contribution in [1.82, 2.24) is 9.62 Å². The molecule has 1 N–H and O–H groups in total. The summed E-state index contributed by atoms with van der Waals surface area (Å²) in [7, 11) is -3.44. The van der Waals surface area contributed by atoms with Crippen LogP contribution in [0.4, 0.5) is 0 Å². The van der Waals surface area contributed by atoms with E-state index in [1.165, 1.54) is 0 Å². The normalized spacial score (nSPS) is 24.1. The standard InChI is InChI=1S/C15H26N2O3S/c1-10(2)16-7-14-6-15(13(5)20-14)21(18,19)17-8-11(3)12(4)9-17/h6,10-12,16H,7-9H2,1-5H3. The highest BCUT2D eigenvalue weighted by Gasteiger charge is 2.36. The van der Waals surface area contributed by atoms with E-state index in [4.69, 9.17) is 4.42 Å². The lowest BCUT2D eigenvalue weighted by molar-refractivity contribution is 0.438. The fourth-order valence-electron chi connectivity index (χ4n) is 2.58. The molecule has 0 aliphatic carbocycles. The highest BCUT2D eigenvalue weighted by Crippen LogP contribution is 2.30. The summed E-state index contributed by atoms with van der Waals surface area (Å²) in [6, 6.07) is 1.99. The fraction of sp³-hybridized carbons (Fsp3) is 0.733. The molecular weight excluding hydrogens is 288 g/mol. The Labute approximate surface area is 127 Å². The van der Waals surface area contributed by atoms with Gasteiger partial charge in [0.25, 0.3) is 0 Å². The Morgan fingerprint density at radius 1 is 1.33 bits per heavy atom. The van der Waals surface area contributed by atoms with Gasteiger partial charge < -0.3 is 9.73 Å². The lowest BCUT2D eigenvalue weighted by Crippen LogP contribution is -2.29. The van der Waals surface area contributed by atoms with Crippen molar-refractivity contribution >= 4 is 10.0 Å². The molecule has 6 heteroatoms. The van der Waals surface area contributed by atoms with Crippen molar-refractivity contribution in [2.45, 2.75) is 52.1 Å². The average Bonchev–Trinajstić information content (AvgIpc) is 2.92. The molecule has 0 saturated carbocycles. The van der Waals surface area contributed by atoms with E-state index in [0.29, 0.717) is 53.9 Å². The minimum Gasteiger partial charge on any atom is -0.464 e. The minimum absolute atomic E-state index is 0.310. The summed E-state index contributed by atoms with van der Waals surface area (Å²) in [5.74, 6) is 1.94. The molecule has 1 aromatic rings. The van der Waals surface area contributed by atoms with Crippen LogP contribution in [0.5, 0.6) is 0 Å². The minimum atomic E-state index is -3.44. The van der Waals surface area contributed by atoms with Crippen LogP contribution in [0.1, 0.15) is 39.2 Å². The van der Waals surface area contributed by atoms with Crippen LogP contribution < -0.4 is 5.32 Å². The van der Waals surface area contributed by atoms with Crippen molar-refractivity contribution in [2.75, 3.05) is 13.1 Å². The van der Waals surface area contributed by atoms with Crippen LogP contribution in [0, 0.1) is 18.8 Å². The molecule has 21 heavy (non-hydrogen) atoms. The Balaban J connectivity index is 2.21. The lowest BCUT2D eigenvalue weighted by atomic mass is 10.0. The van der Waals surface area contributed by atoms with Gasteiger partial charge in [-0.2, -0.15) is 4.31 Å². The molecule has 120 valence electrons. The van der Waals surface area contributed by atoms with Gasteiger partial charge in [0.1, 0.15) is 16.4 Å². The monoisotopic (exact) mass is 314 g/mol. The topological polar surface area (TPSA) is 62.6 Å². The summed E-state index contributed by atoms with van der Waals surface area (Å²) < 4.78 is 32.7. The Morgan fingerprint density at radius 2 is 1.90 bits per heavy atom. The maximum atomic E-state index is 12.7. The zero-order chi connectivity index (χ0) is 15.8. The maximum absolute atomic E-state index is 12.7. The second kappa shape index (κ2) is 6.10. The van der Waals surface area contributed by atoms with Gasteiger partial charge >= 0.3 is 0 Å². The van der Waals surface area contributed by atoms with Gasteiger partial charge in [-0.1, -0.05) is 27.7 Å². The molecule has 2 rings (SSSR count). The van der Waals surface area contributed by atoms with Crippen LogP contribution in [0.25, 0.3) is 0 Å². The Morgan fingerprint density at radius 3 is 2.43 bits per heavy atom. The molecule has 0 aromatic carbocycles. The van der Waals surface area contributed by atoms with Crippen LogP contribution in [-0.2, 0) is 16.6 Å². The van der Waals surface area contributed by atoms with Crippen LogP contribution in [0.3, 0.4) is 0 Å². The molecule has 0 radical (unpaired) electrons. The predicted octanol–water partition coefficient (Wildman–Crippen LogP) is 2.36.